The summed E-state index contributed by atoms with van der Waals surface area (Å²) in [5.41, 5.74) is 1.72. The molecule has 1 aliphatic heterocycles. The van der Waals surface area contributed by atoms with E-state index in [0.717, 1.165) is 30.2 Å². The van der Waals surface area contributed by atoms with Crippen LogP contribution in [0.15, 0.2) is 6.07 Å². The van der Waals surface area contributed by atoms with Gasteiger partial charge in [0.2, 0.25) is 11.0 Å². The molecule has 1 aliphatic carbocycles. The number of amides is 1. The number of fused-ring (bicyclic) bond motifs is 1. The molecule has 0 aromatic carbocycles. The van der Waals surface area contributed by atoms with Crippen LogP contribution in [0, 0.1) is 0 Å². The molecule has 0 spiro atoms. The number of carbonyl (C=O) groups excluding carboxylic acids is 1. The minimum atomic E-state index is -0.576. The van der Waals surface area contributed by atoms with Crippen LogP contribution in [-0.2, 0) is 17.9 Å². The van der Waals surface area contributed by atoms with Crippen molar-refractivity contribution in [2.75, 3.05) is 18.4 Å². The summed E-state index contributed by atoms with van der Waals surface area (Å²) in [4.78, 5) is 14.5. The maximum atomic E-state index is 12.4. The predicted octanol–water partition coefficient (Wildman–Crippen LogP) is 1.90. The molecule has 2 aromatic rings. The van der Waals surface area contributed by atoms with E-state index < -0.39 is 6.10 Å². The van der Waals surface area contributed by atoms with Crippen molar-refractivity contribution in [3.63, 3.8) is 0 Å². The number of carbonyl (C=O) groups is 1. The first-order valence-corrected chi connectivity index (χ1v) is 10.0. The van der Waals surface area contributed by atoms with Crippen molar-refractivity contribution in [3.8, 4) is 0 Å². The average molecular weight is 376 g/mol. The van der Waals surface area contributed by atoms with Gasteiger partial charge in [0.25, 0.3) is 0 Å². The smallest absolute Gasteiger partial charge is 0.240 e. The molecule has 8 nitrogen and oxygen atoms in total. The summed E-state index contributed by atoms with van der Waals surface area (Å²) in [6.07, 6.45) is 3.96. The monoisotopic (exact) mass is 376 g/mol. The van der Waals surface area contributed by atoms with E-state index in [4.69, 9.17) is 0 Å². The molecule has 1 fully saturated rings. The number of nitrogens with one attached hydrogen (secondary N) is 1. The number of nitrogens with zero attached hydrogens (tertiary/aromatic N) is 5. The van der Waals surface area contributed by atoms with Gasteiger partial charge in [0, 0.05) is 25.6 Å². The summed E-state index contributed by atoms with van der Waals surface area (Å²) >= 11 is 1.49. The highest BCUT2D eigenvalue weighted by Crippen LogP contribution is 2.38. The highest BCUT2D eigenvalue weighted by Gasteiger charge is 2.24. The van der Waals surface area contributed by atoms with Crippen molar-refractivity contribution in [3.05, 3.63) is 22.5 Å². The zero-order chi connectivity index (χ0) is 18.1. The first-order valence-electron chi connectivity index (χ1n) is 9.19. The van der Waals surface area contributed by atoms with E-state index in [2.05, 4.69) is 25.5 Å². The Morgan fingerprint density at radius 2 is 2.23 bits per heavy atom. The molecule has 0 saturated heterocycles. The normalized spacial score (nSPS) is 19.5. The lowest BCUT2D eigenvalue weighted by molar-refractivity contribution is -0.117. The number of aliphatic hydroxyl groups is 1. The molecule has 3 heterocycles. The molecule has 0 bridgehead atoms. The van der Waals surface area contributed by atoms with Gasteiger partial charge in [-0.3, -0.25) is 19.7 Å². The van der Waals surface area contributed by atoms with Gasteiger partial charge >= 0.3 is 0 Å². The molecule has 1 amide bonds. The minimum absolute atomic E-state index is 0.0648. The van der Waals surface area contributed by atoms with Crippen LogP contribution in [0.1, 0.15) is 61.0 Å². The summed E-state index contributed by atoms with van der Waals surface area (Å²) in [6.45, 7) is 4.32. The number of aryl methyl sites for hydroxylation is 1. The van der Waals surface area contributed by atoms with Crippen molar-refractivity contribution >= 4 is 22.4 Å². The quantitative estimate of drug-likeness (QED) is 0.827. The topological polar surface area (TPSA) is 96.2 Å². The predicted molar refractivity (Wildman–Crippen MR) is 97.9 cm³/mol. The molecule has 1 saturated carbocycles. The lowest BCUT2D eigenvalue weighted by Gasteiger charge is -2.21. The van der Waals surface area contributed by atoms with Crippen LogP contribution in [0.3, 0.4) is 0 Å². The van der Waals surface area contributed by atoms with Crippen LogP contribution in [0.5, 0.6) is 0 Å². The number of aromatic nitrogens is 4. The summed E-state index contributed by atoms with van der Waals surface area (Å²) < 4.78 is 1.94. The highest BCUT2D eigenvalue weighted by atomic mass is 32.1. The second kappa shape index (κ2) is 7.42. The molecule has 4 rings (SSSR count). The largest absolute Gasteiger partial charge is 0.387 e. The molecular weight excluding hydrogens is 352 g/mol. The van der Waals surface area contributed by atoms with Crippen molar-refractivity contribution < 1.29 is 9.90 Å². The van der Waals surface area contributed by atoms with Crippen molar-refractivity contribution in [2.45, 2.75) is 57.7 Å². The molecular formula is C17H24N6O2S. The Balaban J connectivity index is 1.35. The Kier molecular flexibility index (Phi) is 5.01. The maximum Gasteiger partial charge on any atom is 0.240 e. The number of hydrogen-bond donors (Lipinski definition) is 2. The molecule has 0 unspecified atom stereocenters. The van der Waals surface area contributed by atoms with Gasteiger partial charge in [0.15, 0.2) is 0 Å². The fourth-order valence-corrected chi connectivity index (χ4v) is 4.29. The molecule has 2 aliphatic rings. The van der Waals surface area contributed by atoms with Crippen LogP contribution in [0.4, 0.5) is 5.13 Å². The second-order valence-corrected chi connectivity index (χ2v) is 8.15. The number of rotatable bonds is 5. The maximum absolute atomic E-state index is 12.4. The molecule has 1 atom stereocenters. The van der Waals surface area contributed by atoms with E-state index in [1.165, 1.54) is 30.6 Å². The standard InChI is InChI=1S/C17H24N6O2S/c1-11(24)14-8-13-9-22(6-3-7-23(13)21-14)10-15(25)18-17-20-19-16(26-17)12-4-2-5-12/h8,11-12,24H,2-7,9-10H2,1H3,(H,18,20,25)/t11-/m1/s1. The van der Waals surface area contributed by atoms with Crippen LogP contribution in [0.2, 0.25) is 0 Å². The molecule has 2 N–H and O–H groups in total. The van der Waals surface area contributed by atoms with Crippen molar-refractivity contribution in [1.29, 1.82) is 0 Å². The molecule has 9 heteroatoms. The van der Waals surface area contributed by atoms with Gasteiger partial charge in [-0.15, -0.1) is 10.2 Å². The van der Waals surface area contributed by atoms with Crippen LogP contribution >= 0.6 is 11.3 Å². The average Bonchev–Trinajstić information content (AvgIpc) is 3.09. The Morgan fingerprint density at radius 3 is 2.96 bits per heavy atom. The molecule has 0 radical (unpaired) electrons. The fraction of sp³-hybridized carbons (Fsp3) is 0.647. The Bertz CT molecular complexity index is 782. The van der Waals surface area contributed by atoms with Gasteiger partial charge in [-0.2, -0.15) is 5.10 Å². The minimum Gasteiger partial charge on any atom is -0.387 e. The van der Waals surface area contributed by atoms with E-state index in [0.29, 0.717) is 29.8 Å². The Labute approximate surface area is 156 Å². The van der Waals surface area contributed by atoms with Crippen LogP contribution < -0.4 is 5.32 Å². The third-order valence-electron chi connectivity index (χ3n) is 5.05. The lowest BCUT2D eigenvalue weighted by atomic mass is 9.86. The van der Waals surface area contributed by atoms with Gasteiger partial charge < -0.3 is 5.11 Å². The second-order valence-electron chi connectivity index (χ2n) is 7.15. The Hall–Kier alpha value is -1.84. The van der Waals surface area contributed by atoms with Crippen LogP contribution in [0.25, 0.3) is 0 Å². The Morgan fingerprint density at radius 1 is 1.38 bits per heavy atom. The van der Waals surface area contributed by atoms with E-state index in [-0.39, 0.29) is 5.91 Å². The lowest BCUT2D eigenvalue weighted by Crippen LogP contribution is -2.33. The van der Waals surface area contributed by atoms with Gasteiger partial charge in [-0.25, -0.2) is 0 Å². The van der Waals surface area contributed by atoms with Gasteiger partial charge in [-0.1, -0.05) is 17.8 Å². The molecule has 26 heavy (non-hydrogen) atoms. The number of aliphatic hydroxyl groups excluding tert-OH is 1. The summed E-state index contributed by atoms with van der Waals surface area (Å²) in [5, 5.41) is 27.0. The summed E-state index contributed by atoms with van der Waals surface area (Å²) in [5.74, 6) is 0.470. The van der Waals surface area contributed by atoms with Crippen molar-refractivity contribution in [1.82, 2.24) is 24.9 Å². The van der Waals surface area contributed by atoms with Gasteiger partial charge in [0.1, 0.15) is 5.01 Å². The third-order valence-corrected chi connectivity index (χ3v) is 6.05. The first-order chi connectivity index (χ1) is 12.6. The molecule has 2 aromatic heterocycles. The number of hydrogen-bond acceptors (Lipinski definition) is 7. The highest BCUT2D eigenvalue weighted by molar-refractivity contribution is 7.15. The van der Waals surface area contributed by atoms with E-state index in [1.54, 1.807) is 6.92 Å². The van der Waals surface area contributed by atoms with Crippen LogP contribution in [-0.4, -0.2) is 49.0 Å². The van der Waals surface area contributed by atoms with E-state index >= 15 is 0 Å². The van der Waals surface area contributed by atoms with Gasteiger partial charge in [0.05, 0.1) is 24.0 Å². The fourth-order valence-electron chi connectivity index (χ4n) is 3.36. The zero-order valence-corrected chi connectivity index (χ0v) is 15.7. The van der Waals surface area contributed by atoms with E-state index in [9.17, 15) is 9.90 Å². The zero-order valence-electron chi connectivity index (χ0n) is 14.9. The SMILES string of the molecule is C[C@@H](O)c1cc2n(n1)CCCN(CC(=O)Nc1nnc(C3CCC3)s1)C2. The van der Waals surface area contributed by atoms with Gasteiger partial charge in [-0.05, 0) is 32.3 Å². The number of anilines is 1. The summed E-state index contributed by atoms with van der Waals surface area (Å²) in [7, 11) is 0. The van der Waals surface area contributed by atoms with E-state index in [1.807, 2.05) is 10.7 Å². The third kappa shape index (κ3) is 3.79. The summed E-state index contributed by atoms with van der Waals surface area (Å²) in [6, 6.07) is 1.93. The first kappa shape index (κ1) is 17.6. The van der Waals surface area contributed by atoms with Crippen molar-refractivity contribution in [2.24, 2.45) is 0 Å². The molecule has 140 valence electrons.